The minimum absolute atomic E-state index is 0.437. The first-order chi connectivity index (χ1) is 15.8. The summed E-state index contributed by atoms with van der Waals surface area (Å²) in [5.41, 5.74) is 10.4. The van der Waals surface area contributed by atoms with Crippen molar-refractivity contribution in [1.29, 1.82) is 0 Å². The van der Waals surface area contributed by atoms with Crippen molar-refractivity contribution in [2.24, 2.45) is 5.73 Å². The highest BCUT2D eigenvalue weighted by molar-refractivity contribution is 6.36. The van der Waals surface area contributed by atoms with Crippen LogP contribution in [0.15, 0.2) is 66.7 Å². The van der Waals surface area contributed by atoms with Crippen LogP contribution in [0, 0.1) is 6.07 Å². The van der Waals surface area contributed by atoms with E-state index in [9.17, 15) is 4.79 Å². The third-order valence-electron chi connectivity index (χ3n) is 5.65. The van der Waals surface area contributed by atoms with Gasteiger partial charge in [0.05, 0.1) is 11.0 Å². The highest BCUT2D eigenvalue weighted by Gasteiger charge is 2.18. The molecule has 3 nitrogen and oxygen atoms in total. The van der Waals surface area contributed by atoms with Crippen molar-refractivity contribution in [3.05, 3.63) is 104 Å². The maximum Gasteiger partial charge on any atom is 0.249 e. The monoisotopic (exact) mass is 511 g/mol. The fourth-order valence-corrected chi connectivity index (χ4v) is 5.12. The number of benzene rings is 4. The van der Waals surface area contributed by atoms with Crippen LogP contribution in [0.3, 0.4) is 0 Å². The molecule has 7 heteroatoms. The van der Waals surface area contributed by atoms with Crippen molar-refractivity contribution >= 4 is 74.1 Å². The average molecular weight is 513 g/mol. The van der Waals surface area contributed by atoms with Crippen molar-refractivity contribution in [3.63, 3.8) is 0 Å². The van der Waals surface area contributed by atoms with E-state index in [4.69, 9.17) is 52.1 Å². The van der Waals surface area contributed by atoms with E-state index < -0.39 is 5.91 Å². The second-order valence-corrected chi connectivity index (χ2v) is 9.35. The number of fused-ring (bicyclic) bond motifs is 3. The molecule has 0 saturated carbocycles. The quantitative estimate of drug-likeness (QED) is 0.260. The number of aromatic nitrogens is 1. The number of hydrogen-bond donors (Lipinski definition) is 1. The van der Waals surface area contributed by atoms with Gasteiger partial charge in [-0.25, -0.2) is 0 Å². The molecule has 1 amide bonds. The molecule has 33 heavy (non-hydrogen) atoms. The Hall–Kier alpha value is -2.69. The number of nitrogens with two attached hydrogens (primary N) is 1. The Morgan fingerprint density at radius 3 is 2.30 bits per heavy atom. The fourth-order valence-electron chi connectivity index (χ4n) is 4.13. The number of rotatable bonds is 4. The number of halogens is 4. The maximum absolute atomic E-state index is 12.2. The van der Waals surface area contributed by atoms with Crippen LogP contribution in [-0.2, 0) is 6.54 Å². The Labute approximate surface area is 210 Å². The first-order valence-corrected chi connectivity index (χ1v) is 11.5. The summed E-state index contributed by atoms with van der Waals surface area (Å²) in [7, 11) is 0. The minimum Gasteiger partial charge on any atom is -0.366 e. The van der Waals surface area contributed by atoms with Gasteiger partial charge >= 0.3 is 0 Å². The highest BCUT2D eigenvalue weighted by atomic mass is 35.5. The minimum atomic E-state index is -0.498. The number of carbonyl (C=O) groups is 1. The number of hydrogen-bond acceptors (Lipinski definition) is 1. The molecule has 0 aliphatic heterocycles. The first-order valence-electron chi connectivity index (χ1n) is 9.99. The molecule has 5 aromatic rings. The molecule has 0 aliphatic carbocycles. The molecule has 4 aromatic carbocycles. The summed E-state index contributed by atoms with van der Waals surface area (Å²) in [5.74, 6) is -0.498. The summed E-state index contributed by atoms with van der Waals surface area (Å²) >= 11 is 25.1. The van der Waals surface area contributed by atoms with Gasteiger partial charge in [0.2, 0.25) is 5.91 Å². The van der Waals surface area contributed by atoms with E-state index in [1.807, 2.05) is 36.4 Å². The predicted molar refractivity (Wildman–Crippen MR) is 138 cm³/mol. The molecule has 0 bridgehead atoms. The normalized spacial score (nSPS) is 11.4. The topological polar surface area (TPSA) is 48.0 Å². The maximum atomic E-state index is 12.2. The summed E-state index contributed by atoms with van der Waals surface area (Å²) in [6.45, 7) is 0.462. The number of carbonyl (C=O) groups excluding carboxylic acids is 1. The van der Waals surface area contributed by atoms with Crippen molar-refractivity contribution in [1.82, 2.24) is 4.57 Å². The van der Waals surface area contributed by atoms with E-state index in [-0.39, 0.29) is 0 Å². The largest absolute Gasteiger partial charge is 0.366 e. The lowest BCUT2D eigenvalue weighted by Gasteiger charge is -2.11. The summed E-state index contributed by atoms with van der Waals surface area (Å²) in [6, 6.07) is 23.5. The van der Waals surface area contributed by atoms with Crippen LogP contribution in [0.2, 0.25) is 20.1 Å². The summed E-state index contributed by atoms with van der Waals surface area (Å²) in [6.07, 6.45) is 0. The first kappa shape index (κ1) is 22.1. The van der Waals surface area contributed by atoms with Crippen molar-refractivity contribution < 1.29 is 4.79 Å². The van der Waals surface area contributed by atoms with Crippen molar-refractivity contribution in [3.8, 4) is 11.1 Å². The van der Waals surface area contributed by atoms with Gasteiger partial charge in [0.25, 0.3) is 0 Å². The smallest absolute Gasteiger partial charge is 0.249 e. The van der Waals surface area contributed by atoms with Gasteiger partial charge in [0.15, 0.2) is 0 Å². The van der Waals surface area contributed by atoms with E-state index in [0.29, 0.717) is 32.2 Å². The number of amides is 1. The molecule has 0 spiro atoms. The molecule has 0 aliphatic rings. The van der Waals surface area contributed by atoms with E-state index in [2.05, 4.69) is 10.6 Å². The Morgan fingerprint density at radius 1 is 0.879 bits per heavy atom. The van der Waals surface area contributed by atoms with Crippen LogP contribution in [0.4, 0.5) is 0 Å². The molecule has 163 valence electrons. The SMILES string of the molecule is NC(=O)c1cccc2c1c1[c]cc(-c3ccc(Cl)cc3Cl)cc1n2Cc1ccc(Cl)cc1Cl. The van der Waals surface area contributed by atoms with Gasteiger partial charge in [-0.2, -0.15) is 0 Å². The predicted octanol–water partition coefficient (Wildman–Crippen LogP) is 8.02. The Balaban J connectivity index is 1.81. The second-order valence-electron chi connectivity index (χ2n) is 7.66. The second kappa shape index (κ2) is 8.58. The zero-order valence-corrected chi connectivity index (χ0v) is 20.0. The van der Waals surface area contributed by atoms with Crippen molar-refractivity contribution in [2.75, 3.05) is 0 Å². The lowest BCUT2D eigenvalue weighted by molar-refractivity contribution is 0.100. The Kier molecular flexibility index (Phi) is 5.75. The summed E-state index contributed by atoms with van der Waals surface area (Å²) in [4.78, 5) is 12.2. The molecule has 5 rings (SSSR count). The van der Waals surface area contributed by atoms with Gasteiger partial charge in [0, 0.05) is 48.5 Å². The highest BCUT2D eigenvalue weighted by Crippen LogP contribution is 2.37. The van der Waals surface area contributed by atoms with Gasteiger partial charge in [0.1, 0.15) is 0 Å². The van der Waals surface area contributed by atoms with E-state index in [0.717, 1.165) is 38.5 Å². The van der Waals surface area contributed by atoms with E-state index in [1.165, 1.54) is 0 Å². The van der Waals surface area contributed by atoms with Crippen LogP contribution >= 0.6 is 46.4 Å². The zero-order chi connectivity index (χ0) is 23.3. The van der Waals surface area contributed by atoms with Crippen LogP contribution in [0.1, 0.15) is 15.9 Å². The molecule has 2 N–H and O–H groups in total. The van der Waals surface area contributed by atoms with Gasteiger partial charge < -0.3 is 10.3 Å². The number of nitrogens with zero attached hydrogens (tertiary/aromatic N) is 1. The third-order valence-corrected chi connectivity index (χ3v) is 6.78. The molecular weight excluding hydrogens is 498 g/mol. The molecule has 0 unspecified atom stereocenters. The Bertz CT molecular complexity index is 1570. The van der Waals surface area contributed by atoms with Crippen LogP contribution in [0.5, 0.6) is 0 Å². The van der Waals surface area contributed by atoms with E-state index >= 15 is 0 Å². The summed E-state index contributed by atoms with van der Waals surface area (Å²) in [5, 5.41) is 3.76. The molecule has 1 radical (unpaired) electrons. The molecule has 1 aromatic heterocycles. The molecule has 0 saturated heterocycles. The molecule has 1 heterocycles. The molecule has 0 fully saturated rings. The van der Waals surface area contributed by atoms with Crippen LogP contribution < -0.4 is 5.73 Å². The molecular formula is C26H15Cl4N2O. The zero-order valence-electron chi connectivity index (χ0n) is 17.0. The Morgan fingerprint density at radius 2 is 1.61 bits per heavy atom. The lowest BCUT2D eigenvalue weighted by atomic mass is 10.0. The lowest BCUT2D eigenvalue weighted by Crippen LogP contribution is -2.11. The third kappa shape index (κ3) is 3.96. The van der Waals surface area contributed by atoms with E-state index in [1.54, 1.807) is 30.3 Å². The van der Waals surface area contributed by atoms with Gasteiger partial charge in [-0.05, 0) is 65.7 Å². The van der Waals surface area contributed by atoms with Crippen LogP contribution in [0.25, 0.3) is 32.9 Å². The van der Waals surface area contributed by atoms with Gasteiger partial charge in [-0.15, -0.1) is 0 Å². The standard InChI is InChI=1S/C26H15Cl4N2O/c27-16-6-4-15(21(29)11-16)13-32-23-3-1-2-20(26(31)33)25(23)19-8-5-14(10-24(19)32)18-9-7-17(28)12-22(18)30/h1-7,9-12H,13H2,(H2,31,33). The number of primary amides is 1. The van der Waals surface area contributed by atoms with Gasteiger partial charge in [-0.3, -0.25) is 4.79 Å². The fraction of sp³-hybridized carbons (Fsp3) is 0.0385. The van der Waals surface area contributed by atoms with Crippen molar-refractivity contribution in [2.45, 2.75) is 6.54 Å². The summed E-state index contributed by atoms with van der Waals surface area (Å²) < 4.78 is 2.09. The molecule has 0 atom stereocenters. The van der Waals surface area contributed by atoms with Crippen LogP contribution in [-0.4, -0.2) is 10.5 Å². The average Bonchev–Trinajstić information content (AvgIpc) is 3.08. The van der Waals surface area contributed by atoms with Gasteiger partial charge in [-0.1, -0.05) is 64.6 Å².